The van der Waals surface area contributed by atoms with Crippen molar-refractivity contribution in [2.45, 2.75) is 13.8 Å². The standard InChI is InChI=1S/C22H28N6O2S/c1-15-20(16(2)30-25-15)17-4-5-19-18(14-17)21(26-10-12-29-13-11-26)24-22(23-19)27-6-8-28(31-3)9-7-27/h4-5,14H,6-13H2,1-3H3. The molecular weight excluding hydrogens is 412 g/mol. The normalized spacial score (nSPS) is 18.2. The van der Waals surface area contributed by atoms with Crippen molar-refractivity contribution in [1.29, 1.82) is 0 Å². The van der Waals surface area contributed by atoms with Gasteiger partial charge in [-0.3, -0.25) is 0 Å². The van der Waals surface area contributed by atoms with Crippen molar-refractivity contribution in [2.24, 2.45) is 0 Å². The van der Waals surface area contributed by atoms with Gasteiger partial charge in [0.2, 0.25) is 5.95 Å². The Kier molecular flexibility index (Phi) is 5.73. The zero-order valence-electron chi connectivity index (χ0n) is 18.3. The number of fused-ring (bicyclic) bond motifs is 1. The van der Waals surface area contributed by atoms with Gasteiger partial charge < -0.3 is 19.1 Å². The van der Waals surface area contributed by atoms with E-state index in [2.05, 4.69) is 43.7 Å². The van der Waals surface area contributed by atoms with E-state index in [1.807, 2.05) is 13.8 Å². The number of ether oxygens (including phenoxy) is 1. The van der Waals surface area contributed by atoms with E-state index in [0.29, 0.717) is 0 Å². The molecule has 5 rings (SSSR count). The van der Waals surface area contributed by atoms with Crippen molar-refractivity contribution in [3.05, 3.63) is 29.7 Å². The summed E-state index contributed by atoms with van der Waals surface area (Å²) in [5.74, 6) is 2.64. The number of aromatic nitrogens is 3. The Morgan fingerprint density at radius 3 is 2.39 bits per heavy atom. The molecule has 0 spiro atoms. The lowest BCUT2D eigenvalue weighted by molar-refractivity contribution is 0.122. The first-order valence-electron chi connectivity index (χ1n) is 10.8. The third kappa shape index (κ3) is 3.97. The predicted molar refractivity (Wildman–Crippen MR) is 125 cm³/mol. The van der Waals surface area contributed by atoms with Crippen LogP contribution in [0, 0.1) is 13.8 Å². The lowest BCUT2D eigenvalue weighted by atomic mass is 10.0. The van der Waals surface area contributed by atoms with E-state index in [-0.39, 0.29) is 0 Å². The van der Waals surface area contributed by atoms with E-state index in [9.17, 15) is 0 Å². The molecule has 0 unspecified atom stereocenters. The molecule has 0 saturated carbocycles. The molecule has 8 nitrogen and oxygen atoms in total. The van der Waals surface area contributed by atoms with Gasteiger partial charge in [0, 0.05) is 50.2 Å². The summed E-state index contributed by atoms with van der Waals surface area (Å²) in [6.45, 7) is 10.9. The minimum Gasteiger partial charge on any atom is -0.378 e. The maximum atomic E-state index is 5.59. The van der Waals surface area contributed by atoms with E-state index < -0.39 is 0 Å². The number of piperazine rings is 1. The summed E-state index contributed by atoms with van der Waals surface area (Å²) in [7, 11) is 0. The molecule has 3 aromatic rings. The minimum absolute atomic E-state index is 0.719. The molecule has 0 N–H and O–H groups in total. The third-order valence-corrected chi connectivity index (χ3v) is 6.96. The molecule has 2 saturated heterocycles. The van der Waals surface area contributed by atoms with Gasteiger partial charge in [0.15, 0.2) is 0 Å². The molecule has 2 aliphatic heterocycles. The van der Waals surface area contributed by atoms with Gasteiger partial charge in [-0.25, -0.2) is 9.29 Å². The van der Waals surface area contributed by atoms with Gasteiger partial charge in [0.05, 0.1) is 24.4 Å². The highest BCUT2D eigenvalue weighted by atomic mass is 32.2. The molecule has 2 aromatic heterocycles. The Morgan fingerprint density at radius 2 is 1.71 bits per heavy atom. The molecule has 9 heteroatoms. The monoisotopic (exact) mass is 440 g/mol. The van der Waals surface area contributed by atoms with E-state index >= 15 is 0 Å². The average molecular weight is 441 g/mol. The van der Waals surface area contributed by atoms with Gasteiger partial charge in [-0.1, -0.05) is 23.2 Å². The number of hydrogen-bond donors (Lipinski definition) is 0. The molecule has 0 bridgehead atoms. The second-order valence-electron chi connectivity index (χ2n) is 7.98. The van der Waals surface area contributed by atoms with Crippen LogP contribution in [-0.4, -0.2) is 78.2 Å². The molecule has 0 amide bonds. The Labute approximate surface area is 186 Å². The van der Waals surface area contributed by atoms with Crippen LogP contribution in [0.1, 0.15) is 11.5 Å². The van der Waals surface area contributed by atoms with E-state index in [1.54, 1.807) is 11.9 Å². The topological polar surface area (TPSA) is 70.8 Å². The quantitative estimate of drug-likeness (QED) is 0.569. The fourth-order valence-electron chi connectivity index (χ4n) is 4.38. The summed E-state index contributed by atoms with van der Waals surface area (Å²) in [5.41, 5.74) is 4.00. The second-order valence-corrected chi connectivity index (χ2v) is 8.86. The molecule has 2 aliphatic rings. The van der Waals surface area contributed by atoms with Crippen molar-refractivity contribution in [1.82, 2.24) is 19.4 Å². The zero-order chi connectivity index (χ0) is 21.4. The van der Waals surface area contributed by atoms with Gasteiger partial charge in [0.25, 0.3) is 0 Å². The SMILES string of the molecule is CSN1CCN(c2nc(N3CCOCC3)c3cc(-c4c(C)noc4C)ccc3n2)CC1. The number of nitrogens with zero attached hydrogens (tertiary/aromatic N) is 6. The maximum absolute atomic E-state index is 5.59. The number of hydrogen-bond acceptors (Lipinski definition) is 9. The largest absolute Gasteiger partial charge is 0.378 e. The summed E-state index contributed by atoms with van der Waals surface area (Å²) in [5, 5.41) is 5.19. The fraction of sp³-hybridized carbons (Fsp3) is 0.500. The first kappa shape index (κ1) is 20.5. The summed E-state index contributed by atoms with van der Waals surface area (Å²) in [6, 6.07) is 6.40. The maximum Gasteiger partial charge on any atom is 0.227 e. The molecule has 1 aromatic carbocycles. The number of benzene rings is 1. The van der Waals surface area contributed by atoms with E-state index in [4.69, 9.17) is 19.2 Å². The highest BCUT2D eigenvalue weighted by Gasteiger charge is 2.23. The van der Waals surface area contributed by atoms with Crippen molar-refractivity contribution in [3.63, 3.8) is 0 Å². The van der Waals surface area contributed by atoms with Crippen LogP contribution in [0.5, 0.6) is 0 Å². The number of rotatable bonds is 4. The Morgan fingerprint density at radius 1 is 0.935 bits per heavy atom. The highest BCUT2D eigenvalue weighted by molar-refractivity contribution is 7.96. The van der Waals surface area contributed by atoms with Crippen LogP contribution in [0.15, 0.2) is 22.7 Å². The smallest absolute Gasteiger partial charge is 0.227 e. The van der Waals surface area contributed by atoms with Crippen LogP contribution in [0.2, 0.25) is 0 Å². The summed E-state index contributed by atoms with van der Waals surface area (Å²) in [6.07, 6.45) is 2.13. The van der Waals surface area contributed by atoms with E-state index in [0.717, 1.165) is 97.7 Å². The van der Waals surface area contributed by atoms with Gasteiger partial charge >= 0.3 is 0 Å². The first-order chi connectivity index (χ1) is 15.1. The zero-order valence-corrected chi connectivity index (χ0v) is 19.1. The molecule has 2 fully saturated rings. The molecule has 0 aliphatic carbocycles. The van der Waals surface area contributed by atoms with Gasteiger partial charge in [-0.2, -0.15) is 4.98 Å². The van der Waals surface area contributed by atoms with Crippen molar-refractivity contribution in [3.8, 4) is 11.1 Å². The molecule has 0 atom stereocenters. The van der Waals surface area contributed by atoms with Gasteiger partial charge in [-0.15, -0.1) is 0 Å². The summed E-state index contributed by atoms with van der Waals surface area (Å²) in [4.78, 5) is 14.7. The Bertz CT molecular complexity index is 1050. The van der Waals surface area contributed by atoms with Gasteiger partial charge in [-0.05, 0) is 37.8 Å². The van der Waals surface area contributed by atoms with Crippen molar-refractivity contribution in [2.75, 3.05) is 68.5 Å². The first-order valence-corrected chi connectivity index (χ1v) is 11.9. The molecular formula is C22H28N6O2S. The number of morpholine rings is 1. The Hall–Kier alpha value is -2.36. The highest BCUT2D eigenvalue weighted by Crippen LogP contribution is 2.34. The molecule has 4 heterocycles. The third-order valence-electron chi connectivity index (χ3n) is 6.08. The molecule has 164 valence electrons. The van der Waals surface area contributed by atoms with Crippen LogP contribution in [0.3, 0.4) is 0 Å². The molecule has 31 heavy (non-hydrogen) atoms. The summed E-state index contributed by atoms with van der Waals surface area (Å²) < 4.78 is 13.4. The molecule has 0 radical (unpaired) electrons. The average Bonchev–Trinajstić information content (AvgIpc) is 3.16. The van der Waals surface area contributed by atoms with Gasteiger partial charge in [0.1, 0.15) is 11.6 Å². The minimum atomic E-state index is 0.719. The van der Waals surface area contributed by atoms with E-state index in [1.165, 1.54) is 0 Å². The number of anilines is 2. The second kappa shape index (κ2) is 8.64. The Balaban J connectivity index is 1.59. The van der Waals surface area contributed by atoms with Crippen molar-refractivity contribution >= 4 is 34.6 Å². The van der Waals surface area contributed by atoms with Crippen LogP contribution in [-0.2, 0) is 4.74 Å². The van der Waals surface area contributed by atoms with Crippen LogP contribution < -0.4 is 9.80 Å². The van der Waals surface area contributed by atoms with Crippen molar-refractivity contribution < 1.29 is 9.26 Å². The summed E-state index contributed by atoms with van der Waals surface area (Å²) >= 11 is 1.80. The lowest BCUT2D eigenvalue weighted by Crippen LogP contribution is -2.44. The fourth-order valence-corrected chi connectivity index (χ4v) is 4.91. The predicted octanol–water partition coefficient (Wildman–Crippen LogP) is 3.14. The lowest BCUT2D eigenvalue weighted by Gasteiger charge is -2.34. The van der Waals surface area contributed by atoms with Crippen LogP contribution in [0.25, 0.3) is 22.0 Å². The van der Waals surface area contributed by atoms with Crippen LogP contribution >= 0.6 is 11.9 Å². The number of aryl methyl sites for hydroxylation is 2. The van der Waals surface area contributed by atoms with Crippen LogP contribution in [0.4, 0.5) is 11.8 Å².